The van der Waals surface area contributed by atoms with Crippen LogP contribution in [0.4, 0.5) is 5.82 Å². The molecule has 0 radical (unpaired) electrons. The van der Waals surface area contributed by atoms with Crippen LogP contribution >= 0.6 is 0 Å². The SMILES string of the molecule is COc1cccc2c(NCC3(CO)CCCC3)nccc12. The number of hydrogen-bond acceptors (Lipinski definition) is 4. The normalized spacial score (nSPS) is 17.0. The van der Waals surface area contributed by atoms with E-state index in [1.807, 2.05) is 24.3 Å². The minimum atomic E-state index is 0.0166. The van der Waals surface area contributed by atoms with Crippen LogP contribution in [0.1, 0.15) is 25.7 Å². The van der Waals surface area contributed by atoms with Gasteiger partial charge in [-0.1, -0.05) is 25.0 Å². The molecule has 2 aromatic rings. The summed E-state index contributed by atoms with van der Waals surface area (Å²) in [5, 5.41) is 15.3. The molecule has 1 aromatic heterocycles. The molecule has 0 unspecified atom stereocenters. The quantitative estimate of drug-likeness (QED) is 0.886. The van der Waals surface area contributed by atoms with E-state index >= 15 is 0 Å². The van der Waals surface area contributed by atoms with E-state index in [0.717, 1.165) is 41.7 Å². The van der Waals surface area contributed by atoms with Crippen LogP contribution in [0.5, 0.6) is 5.75 Å². The number of pyridine rings is 1. The van der Waals surface area contributed by atoms with Crippen LogP contribution in [-0.2, 0) is 0 Å². The van der Waals surface area contributed by atoms with Crippen LogP contribution < -0.4 is 10.1 Å². The molecule has 21 heavy (non-hydrogen) atoms. The molecule has 112 valence electrons. The third-order valence-electron chi connectivity index (χ3n) is 4.62. The summed E-state index contributed by atoms with van der Waals surface area (Å²) in [5.41, 5.74) is 0.0166. The summed E-state index contributed by atoms with van der Waals surface area (Å²) in [6, 6.07) is 7.95. The van der Waals surface area contributed by atoms with E-state index in [2.05, 4.69) is 10.3 Å². The molecule has 0 bridgehead atoms. The predicted octanol–water partition coefficient (Wildman–Crippen LogP) is 3.21. The van der Waals surface area contributed by atoms with Crippen LogP contribution in [-0.4, -0.2) is 30.4 Å². The summed E-state index contributed by atoms with van der Waals surface area (Å²) in [6.07, 6.45) is 6.39. The van der Waals surface area contributed by atoms with Gasteiger partial charge in [-0.15, -0.1) is 0 Å². The van der Waals surface area contributed by atoms with Gasteiger partial charge in [-0.25, -0.2) is 4.98 Å². The molecule has 1 aliphatic carbocycles. The van der Waals surface area contributed by atoms with Crippen molar-refractivity contribution < 1.29 is 9.84 Å². The number of aliphatic hydroxyl groups excluding tert-OH is 1. The Morgan fingerprint density at radius 3 is 2.76 bits per heavy atom. The van der Waals surface area contributed by atoms with Crippen molar-refractivity contribution in [3.63, 3.8) is 0 Å². The number of aliphatic hydroxyl groups is 1. The first-order valence-corrected chi connectivity index (χ1v) is 7.54. The lowest BCUT2D eigenvalue weighted by molar-refractivity contribution is 0.142. The first kappa shape index (κ1) is 14.1. The van der Waals surface area contributed by atoms with Crippen LogP contribution in [0.15, 0.2) is 30.5 Å². The van der Waals surface area contributed by atoms with Crippen molar-refractivity contribution in [2.75, 3.05) is 25.6 Å². The molecule has 3 rings (SSSR count). The Balaban J connectivity index is 1.87. The van der Waals surface area contributed by atoms with E-state index in [1.54, 1.807) is 13.3 Å². The lowest BCUT2D eigenvalue weighted by Gasteiger charge is -2.27. The highest BCUT2D eigenvalue weighted by Crippen LogP contribution is 2.38. The molecule has 1 heterocycles. The Bertz CT molecular complexity index is 621. The molecule has 1 aliphatic rings. The number of benzene rings is 1. The van der Waals surface area contributed by atoms with Crippen molar-refractivity contribution in [2.24, 2.45) is 5.41 Å². The van der Waals surface area contributed by atoms with E-state index in [-0.39, 0.29) is 12.0 Å². The van der Waals surface area contributed by atoms with Gasteiger partial charge in [0, 0.05) is 28.9 Å². The number of fused-ring (bicyclic) bond motifs is 1. The zero-order valence-corrected chi connectivity index (χ0v) is 12.4. The van der Waals surface area contributed by atoms with Gasteiger partial charge in [-0.3, -0.25) is 0 Å². The number of nitrogens with zero attached hydrogens (tertiary/aromatic N) is 1. The average Bonchev–Trinajstić information content (AvgIpc) is 3.01. The van der Waals surface area contributed by atoms with Gasteiger partial charge in [0.2, 0.25) is 0 Å². The van der Waals surface area contributed by atoms with E-state index in [0.29, 0.717) is 0 Å². The summed E-state index contributed by atoms with van der Waals surface area (Å²) in [6.45, 7) is 1.01. The van der Waals surface area contributed by atoms with E-state index in [9.17, 15) is 5.11 Å². The van der Waals surface area contributed by atoms with Gasteiger partial charge in [-0.2, -0.15) is 0 Å². The third kappa shape index (κ3) is 2.68. The molecular formula is C17H22N2O2. The molecule has 0 saturated heterocycles. The van der Waals surface area contributed by atoms with Crippen molar-refractivity contribution in [3.05, 3.63) is 30.5 Å². The zero-order valence-electron chi connectivity index (χ0n) is 12.4. The topological polar surface area (TPSA) is 54.4 Å². The van der Waals surface area contributed by atoms with Gasteiger partial charge in [0.15, 0.2) is 0 Å². The lowest BCUT2D eigenvalue weighted by Crippen LogP contribution is -2.30. The summed E-state index contributed by atoms with van der Waals surface area (Å²) >= 11 is 0. The number of aromatic nitrogens is 1. The minimum Gasteiger partial charge on any atom is -0.496 e. The predicted molar refractivity (Wildman–Crippen MR) is 84.8 cm³/mol. The van der Waals surface area contributed by atoms with Crippen molar-refractivity contribution in [1.29, 1.82) is 0 Å². The van der Waals surface area contributed by atoms with E-state index in [1.165, 1.54) is 12.8 Å². The number of hydrogen-bond donors (Lipinski definition) is 2. The fraction of sp³-hybridized carbons (Fsp3) is 0.471. The van der Waals surface area contributed by atoms with Crippen molar-refractivity contribution in [1.82, 2.24) is 4.98 Å². The highest BCUT2D eigenvalue weighted by Gasteiger charge is 2.33. The lowest BCUT2D eigenvalue weighted by atomic mass is 9.87. The molecular weight excluding hydrogens is 264 g/mol. The number of rotatable bonds is 5. The summed E-state index contributed by atoms with van der Waals surface area (Å²) in [5.74, 6) is 1.72. The zero-order chi connectivity index (χ0) is 14.7. The molecule has 1 saturated carbocycles. The van der Waals surface area contributed by atoms with Crippen molar-refractivity contribution in [3.8, 4) is 5.75 Å². The van der Waals surface area contributed by atoms with Crippen molar-refractivity contribution in [2.45, 2.75) is 25.7 Å². The second kappa shape index (κ2) is 5.90. The monoisotopic (exact) mass is 286 g/mol. The number of ether oxygens (including phenoxy) is 1. The van der Waals surface area contributed by atoms with Gasteiger partial charge >= 0.3 is 0 Å². The molecule has 1 aromatic carbocycles. The van der Waals surface area contributed by atoms with Gasteiger partial charge in [0.05, 0.1) is 13.7 Å². The highest BCUT2D eigenvalue weighted by atomic mass is 16.5. The Morgan fingerprint density at radius 1 is 1.24 bits per heavy atom. The fourth-order valence-electron chi connectivity index (χ4n) is 3.28. The maximum atomic E-state index is 9.71. The van der Waals surface area contributed by atoms with Gasteiger partial charge in [-0.05, 0) is 25.0 Å². The third-order valence-corrected chi connectivity index (χ3v) is 4.62. The molecule has 0 amide bonds. The van der Waals surface area contributed by atoms with Gasteiger partial charge in [0.1, 0.15) is 11.6 Å². The van der Waals surface area contributed by atoms with Crippen LogP contribution in [0, 0.1) is 5.41 Å². The summed E-state index contributed by atoms with van der Waals surface area (Å²) in [7, 11) is 1.68. The van der Waals surface area contributed by atoms with Gasteiger partial charge < -0.3 is 15.2 Å². The van der Waals surface area contributed by atoms with Crippen LogP contribution in [0.25, 0.3) is 10.8 Å². The molecule has 0 spiro atoms. The molecule has 4 heteroatoms. The maximum absolute atomic E-state index is 9.71. The molecule has 4 nitrogen and oxygen atoms in total. The first-order chi connectivity index (χ1) is 10.3. The Kier molecular flexibility index (Phi) is 3.97. The standard InChI is InChI=1S/C17H22N2O2/c1-21-15-6-4-5-14-13(15)7-10-18-16(14)19-11-17(12-20)8-2-3-9-17/h4-7,10,20H,2-3,8-9,11-12H2,1H3,(H,18,19). The summed E-state index contributed by atoms with van der Waals surface area (Å²) in [4.78, 5) is 4.46. The summed E-state index contributed by atoms with van der Waals surface area (Å²) < 4.78 is 5.41. The Labute approximate surface area is 125 Å². The second-order valence-electron chi connectivity index (χ2n) is 5.93. The largest absolute Gasteiger partial charge is 0.496 e. The molecule has 0 aliphatic heterocycles. The minimum absolute atomic E-state index is 0.0166. The smallest absolute Gasteiger partial charge is 0.133 e. The van der Waals surface area contributed by atoms with Gasteiger partial charge in [0.25, 0.3) is 0 Å². The molecule has 1 fully saturated rings. The Hall–Kier alpha value is -1.81. The first-order valence-electron chi connectivity index (χ1n) is 7.54. The molecule has 2 N–H and O–H groups in total. The second-order valence-corrected chi connectivity index (χ2v) is 5.93. The maximum Gasteiger partial charge on any atom is 0.133 e. The Morgan fingerprint density at radius 2 is 2.05 bits per heavy atom. The van der Waals surface area contributed by atoms with E-state index < -0.39 is 0 Å². The number of nitrogens with one attached hydrogen (secondary N) is 1. The molecule has 0 atom stereocenters. The van der Waals surface area contributed by atoms with Crippen molar-refractivity contribution >= 4 is 16.6 Å². The number of anilines is 1. The fourth-order valence-corrected chi connectivity index (χ4v) is 3.28. The van der Waals surface area contributed by atoms with E-state index in [4.69, 9.17) is 4.74 Å². The average molecular weight is 286 g/mol. The van der Waals surface area contributed by atoms with Crippen LogP contribution in [0.2, 0.25) is 0 Å². The number of methoxy groups -OCH3 is 1. The highest BCUT2D eigenvalue weighted by molar-refractivity contribution is 5.95. The van der Waals surface area contributed by atoms with Crippen LogP contribution in [0.3, 0.4) is 0 Å².